The molecule has 4 heteroatoms. The summed E-state index contributed by atoms with van der Waals surface area (Å²) < 4.78 is 12.4. The molecule has 0 radical (unpaired) electrons. The van der Waals surface area contributed by atoms with Gasteiger partial charge in [0, 0.05) is 12.8 Å². The van der Waals surface area contributed by atoms with Crippen molar-refractivity contribution < 1.29 is 13.9 Å². The van der Waals surface area contributed by atoms with Gasteiger partial charge in [0.05, 0.1) is 21.1 Å². The maximum absolute atomic E-state index is 11.9. The van der Waals surface area contributed by atoms with E-state index in [1.165, 1.54) is 64.2 Å². The van der Waals surface area contributed by atoms with Crippen LogP contribution in [-0.4, -0.2) is 30.9 Å². The molecule has 0 amide bonds. The Kier molecular flexibility index (Phi) is 14.6. The first-order valence-corrected chi connectivity index (χ1v) is 12.1. The Morgan fingerprint density at radius 2 is 1.27 bits per heavy atom. The van der Waals surface area contributed by atoms with Gasteiger partial charge in [0.2, 0.25) is 0 Å². The predicted molar refractivity (Wildman–Crippen MR) is 113 cm³/mol. The van der Waals surface area contributed by atoms with Crippen LogP contribution in [0.4, 0.5) is 0 Å². The number of quaternary nitrogens is 1. The summed E-state index contributed by atoms with van der Waals surface area (Å²) in [5.74, 6) is 0. The molecule has 0 aliphatic rings. The fourth-order valence-corrected chi connectivity index (χ4v) is 4.85. The number of hydrogen-bond acceptors (Lipinski definition) is 2. The van der Waals surface area contributed by atoms with Gasteiger partial charge in [-0.15, -0.1) is 0 Å². The highest BCUT2D eigenvalue weighted by atomic mass is 31.1. The summed E-state index contributed by atoms with van der Waals surface area (Å²) in [4.78, 5) is 11.9. The van der Waals surface area contributed by atoms with E-state index in [2.05, 4.69) is 19.1 Å². The zero-order valence-corrected chi connectivity index (χ0v) is 19.2. The number of allylic oxidation sites excluding steroid dienone is 2. The standard InChI is InChI=1S/C22H45NO2P/c1-6-8-9-10-11-12-13-14-15-16-17-18-19-20-21-22(7-2,26(24)25)23(3,4)5/h9-10H,6-8,11-21H2,1-5H3/q+1/b10-9-. The topological polar surface area (TPSA) is 40.1 Å². The van der Waals surface area contributed by atoms with Crippen molar-refractivity contribution in [2.45, 2.75) is 109 Å². The minimum Gasteiger partial charge on any atom is -0.590 e. The fraction of sp³-hybridized carbons (Fsp3) is 0.909. The molecule has 0 aliphatic carbocycles. The zero-order chi connectivity index (χ0) is 19.9. The molecule has 0 saturated carbocycles. The predicted octanol–water partition coefficient (Wildman–Crippen LogP) is 6.55. The van der Waals surface area contributed by atoms with E-state index in [9.17, 15) is 9.46 Å². The van der Waals surface area contributed by atoms with E-state index in [0.717, 1.165) is 19.3 Å². The molecule has 2 atom stereocenters. The molecule has 0 N–H and O–H groups in total. The van der Waals surface area contributed by atoms with Gasteiger partial charge >= 0.3 is 8.03 Å². The average Bonchev–Trinajstić information content (AvgIpc) is 2.57. The SMILES string of the molecule is CCC/C=C\CCCCCCCCCCCC(CC)([P+](=O)[O-])[N+](C)(C)C. The van der Waals surface area contributed by atoms with Crippen LogP contribution in [0.15, 0.2) is 12.2 Å². The van der Waals surface area contributed by atoms with Crippen LogP contribution in [0.1, 0.15) is 104 Å². The molecule has 154 valence electrons. The summed E-state index contributed by atoms with van der Waals surface area (Å²) in [6, 6.07) is 0. The van der Waals surface area contributed by atoms with Crippen molar-refractivity contribution in [3.05, 3.63) is 12.2 Å². The van der Waals surface area contributed by atoms with Gasteiger partial charge in [0.25, 0.3) is 5.28 Å². The highest BCUT2D eigenvalue weighted by Gasteiger charge is 2.52. The highest BCUT2D eigenvalue weighted by molar-refractivity contribution is 7.38. The smallest absolute Gasteiger partial charge is 0.376 e. The molecule has 2 unspecified atom stereocenters. The molecule has 0 fully saturated rings. The molecule has 0 rings (SSSR count). The van der Waals surface area contributed by atoms with Crippen molar-refractivity contribution in [2.24, 2.45) is 0 Å². The molecule has 0 heterocycles. The first-order valence-electron chi connectivity index (χ1n) is 10.9. The van der Waals surface area contributed by atoms with Gasteiger partial charge in [-0.1, -0.05) is 81.9 Å². The van der Waals surface area contributed by atoms with Crippen LogP contribution >= 0.6 is 8.03 Å². The van der Waals surface area contributed by atoms with Crippen LogP contribution in [0.3, 0.4) is 0 Å². The lowest BCUT2D eigenvalue weighted by Crippen LogP contribution is -2.55. The van der Waals surface area contributed by atoms with E-state index in [0.29, 0.717) is 10.9 Å². The molecule has 26 heavy (non-hydrogen) atoms. The summed E-state index contributed by atoms with van der Waals surface area (Å²) in [5.41, 5.74) is 0. The minimum atomic E-state index is -2.41. The van der Waals surface area contributed by atoms with E-state index in [1.54, 1.807) is 0 Å². The summed E-state index contributed by atoms with van der Waals surface area (Å²) >= 11 is 0. The summed E-state index contributed by atoms with van der Waals surface area (Å²) in [7, 11) is 3.61. The molecule has 3 nitrogen and oxygen atoms in total. The quantitative estimate of drug-likeness (QED) is 0.123. The lowest BCUT2D eigenvalue weighted by Gasteiger charge is -2.39. The Morgan fingerprint density at radius 3 is 1.69 bits per heavy atom. The lowest BCUT2D eigenvalue weighted by atomic mass is 10.0. The monoisotopic (exact) mass is 386 g/mol. The number of nitrogens with zero attached hydrogens (tertiary/aromatic N) is 1. The summed E-state index contributed by atoms with van der Waals surface area (Å²) in [5, 5.41) is -0.596. The van der Waals surface area contributed by atoms with Gasteiger partial charge in [-0.3, -0.25) is 4.48 Å². The first kappa shape index (κ1) is 25.8. The van der Waals surface area contributed by atoms with Crippen LogP contribution in [0, 0.1) is 0 Å². The van der Waals surface area contributed by atoms with Crippen LogP contribution in [0.2, 0.25) is 0 Å². The maximum Gasteiger partial charge on any atom is 0.376 e. The summed E-state index contributed by atoms with van der Waals surface area (Å²) in [6.45, 7) is 4.23. The van der Waals surface area contributed by atoms with Crippen molar-refractivity contribution in [3.63, 3.8) is 0 Å². The van der Waals surface area contributed by atoms with E-state index in [1.807, 2.05) is 28.1 Å². The number of unbranched alkanes of at least 4 members (excludes halogenated alkanes) is 10. The Labute approximate surface area is 164 Å². The van der Waals surface area contributed by atoms with Crippen LogP contribution in [0.5, 0.6) is 0 Å². The normalized spacial score (nSPS) is 15.4. The average molecular weight is 387 g/mol. The van der Waals surface area contributed by atoms with Crippen LogP contribution in [0.25, 0.3) is 0 Å². The van der Waals surface area contributed by atoms with Crippen molar-refractivity contribution in [1.82, 2.24) is 0 Å². The molecule has 0 aliphatic heterocycles. The highest BCUT2D eigenvalue weighted by Crippen LogP contribution is 2.44. The van der Waals surface area contributed by atoms with Gasteiger partial charge < -0.3 is 4.89 Å². The second-order valence-electron chi connectivity index (χ2n) is 8.59. The van der Waals surface area contributed by atoms with Gasteiger partial charge in [-0.05, 0) is 25.7 Å². The minimum absolute atomic E-state index is 0.510. The molecule has 0 spiro atoms. The molecular weight excluding hydrogens is 341 g/mol. The first-order chi connectivity index (χ1) is 12.3. The number of hydrogen-bond donors (Lipinski definition) is 0. The van der Waals surface area contributed by atoms with Gasteiger partial charge in [-0.25, -0.2) is 0 Å². The molecule has 0 saturated heterocycles. The second kappa shape index (κ2) is 14.8. The van der Waals surface area contributed by atoms with E-state index in [-0.39, 0.29) is 0 Å². The Morgan fingerprint density at radius 1 is 0.808 bits per heavy atom. The second-order valence-corrected chi connectivity index (χ2v) is 9.93. The Hall–Kier alpha value is -0.240. The van der Waals surface area contributed by atoms with Gasteiger partial charge in [0.15, 0.2) is 0 Å². The third-order valence-electron chi connectivity index (χ3n) is 5.72. The molecular formula is C22H45NO2P+. The largest absolute Gasteiger partial charge is 0.590 e. The number of rotatable bonds is 17. The van der Waals surface area contributed by atoms with E-state index >= 15 is 0 Å². The Balaban J connectivity index is 3.70. The van der Waals surface area contributed by atoms with Crippen LogP contribution in [-0.2, 0) is 4.57 Å². The van der Waals surface area contributed by atoms with E-state index < -0.39 is 13.3 Å². The van der Waals surface area contributed by atoms with Crippen molar-refractivity contribution in [2.75, 3.05) is 21.1 Å². The third kappa shape index (κ3) is 10.2. The lowest BCUT2D eigenvalue weighted by molar-refractivity contribution is -0.910. The summed E-state index contributed by atoms with van der Waals surface area (Å²) in [6.07, 6.45) is 21.3. The molecule has 0 aromatic heterocycles. The maximum atomic E-state index is 11.9. The van der Waals surface area contributed by atoms with Crippen molar-refractivity contribution >= 4 is 8.03 Å². The molecule has 0 bridgehead atoms. The third-order valence-corrected chi connectivity index (χ3v) is 7.54. The molecule has 0 aromatic carbocycles. The zero-order valence-electron chi connectivity index (χ0n) is 18.3. The van der Waals surface area contributed by atoms with Crippen molar-refractivity contribution in [3.8, 4) is 0 Å². The Bertz CT molecular complexity index is 390. The fourth-order valence-electron chi connectivity index (χ4n) is 3.76. The van der Waals surface area contributed by atoms with Crippen LogP contribution < -0.4 is 4.89 Å². The van der Waals surface area contributed by atoms with Gasteiger partial charge in [-0.2, -0.15) is 0 Å². The van der Waals surface area contributed by atoms with E-state index in [4.69, 9.17) is 0 Å². The van der Waals surface area contributed by atoms with Crippen molar-refractivity contribution in [1.29, 1.82) is 0 Å². The molecule has 0 aromatic rings. The van der Waals surface area contributed by atoms with Gasteiger partial charge in [0.1, 0.15) is 0 Å².